The fourth-order valence-corrected chi connectivity index (χ4v) is 2.34. The highest BCUT2D eigenvalue weighted by Crippen LogP contribution is 2.17. The summed E-state index contributed by atoms with van der Waals surface area (Å²) in [7, 11) is 0. The van der Waals surface area contributed by atoms with Crippen molar-refractivity contribution in [1.29, 1.82) is 0 Å². The number of aromatic hydroxyl groups is 2. The summed E-state index contributed by atoms with van der Waals surface area (Å²) in [5.41, 5.74) is 0.312. The summed E-state index contributed by atoms with van der Waals surface area (Å²) in [6.07, 6.45) is 3.02. The zero-order valence-corrected chi connectivity index (χ0v) is 14.4. The Labute approximate surface area is 152 Å². The fraction of sp³-hybridized carbons (Fsp3) is 0.300. The molecule has 0 atom stereocenters. The van der Waals surface area contributed by atoms with Crippen LogP contribution in [-0.4, -0.2) is 35.4 Å². The van der Waals surface area contributed by atoms with Crippen LogP contribution in [0.4, 0.5) is 0 Å². The van der Waals surface area contributed by atoms with Crippen molar-refractivity contribution in [3.8, 4) is 11.5 Å². The van der Waals surface area contributed by atoms with Crippen molar-refractivity contribution in [3.63, 3.8) is 0 Å². The number of benzene rings is 2. The molecule has 2 aromatic carbocycles. The van der Waals surface area contributed by atoms with Crippen LogP contribution < -0.4 is 0 Å². The molecule has 2 N–H and O–H groups in total. The Morgan fingerprint density at radius 3 is 1.42 bits per heavy atom. The Bertz CT molecular complexity index is 677. The molecule has 0 saturated carbocycles. The molecule has 0 aliphatic heterocycles. The highest BCUT2D eigenvalue weighted by molar-refractivity contribution is 5.92. The van der Waals surface area contributed by atoms with Crippen LogP contribution in [0.3, 0.4) is 0 Å². The van der Waals surface area contributed by atoms with Crippen molar-refractivity contribution < 1.29 is 29.3 Å². The molecule has 0 aliphatic rings. The summed E-state index contributed by atoms with van der Waals surface area (Å²) >= 11 is 0. The monoisotopic (exact) mass is 358 g/mol. The van der Waals surface area contributed by atoms with E-state index in [1.54, 1.807) is 24.3 Å². The van der Waals surface area contributed by atoms with Crippen molar-refractivity contribution in [3.05, 3.63) is 59.7 Å². The van der Waals surface area contributed by atoms with Gasteiger partial charge in [-0.05, 0) is 49.9 Å². The summed E-state index contributed by atoms with van der Waals surface area (Å²) in [6.45, 7) is 0.537. The number of carbonyl (C=O) groups is 2. The lowest BCUT2D eigenvalue weighted by Gasteiger charge is -2.07. The van der Waals surface area contributed by atoms with Crippen molar-refractivity contribution in [1.82, 2.24) is 0 Å². The Kier molecular flexibility index (Phi) is 7.49. The van der Waals surface area contributed by atoms with E-state index in [2.05, 4.69) is 0 Å². The van der Waals surface area contributed by atoms with E-state index in [1.807, 2.05) is 0 Å². The molecule has 26 heavy (non-hydrogen) atoms. The third-order valence-electron chi connectivity index (χ3n) is 3.75. The molecular formula is C20H22O6. The molecule has 138 valence electrons. The predicted molar refractivity (Wildman–Crippen MR) is 95.2 cm³/mol. The molecule has 0 aliphatic carbocycles. The normalized spacial score (nSPS) is 10.3. The minimum absolute atomic E-state index is 0.0937. The number of carbonyl (C=O) groups excluding carboxylic acids is 2. The summed E-state index contributed by atoms with van der Waals surface area (Å²) in [6, 6.07) is 12.5. The SMILES string of the molecule is O=C(OCCCCCCOC(=O)c1ccccc1O)c1ccccc1O. The van der Waals surface area contributed by atoms with E-state index in [9.17, 15) is 19.8 Å². The number of hydrogen-bond donors (Lipinski definition) is 2. The Balaban J connectivity index is 1.55. The zero-order chi connectivity index (χ0) is 18.8. The number of ether oxygens (including phenoxy) is 2. The molecule has 0 unspecified atom stereocenters. The van der Waals surface area contributed by atoms with Gasteiger partial charge in [0.1, 0.15) is 22.6 Å². The van der Waals surface area contributed by atoms with E-state index in [0.29, 0.717) is 12.8 Å². The lowest BCUT2D eigenvalue weighted by atomic mass is 10.2. The highest BCUT2D eigenvalue weighted by Gasteiger charge is 2.12. The molecule has 0 amide bonds. The van der Waals surface area contributed by atoms with Crippen LogP contribution in [0.1, 0.15) is 46.4 Å². The maximum atomic E-state index is 11.8. The second kappa shape index (κ2) is 10.1. The molecule has 0 heterocycles. The summed E-state index contributed by atoms with van der Waals surface area (Å²) in [5, 5.41) is 19.1. The number of rotatable bonds is 9. The van der Waals surface area contributed by atoms with Gasteiger partial charge in [-0.15, -0.1) is 0 Å². The van der Waals surface area contributed by atoms with E-state index in [-0.39, 0.29) is 35.8 Å². The number of phenols is 2. The molecular weight excluding hydrogens is 336 g/mol. The Hall–Kier alpha value is -3.02. The van der Waals surface area contributed by atoms with Crippen LogP contribution in [-0.2, 0) is 9.47 Å². The van der Waals surface area contributed by atoms with Crippen LogP contribution in [0, 0.1) is 0 Å². The third kappa shape index (κ3) is 5.81. The standard InChI is InChI=1S/C20H22O6/c21-17-11-5-3-9-15(17)19(23)25-13-7-1-2-8-14-26-20(24)16-10-4-6-12-18(16)22/h3-6,9-12,21-22H,1-2,7-8,13-14H2. The number of esters is 2. The quantitative estimate of drug-likeness (QED) is 0.525. The smallest absolute Gasteiger partial charge is 0.341 e. The largest absolute Gasteiger partial charge is 0.507 e. The van der Waals surface area contributed by atoms with Gasteiger partial charge in [-0.1, -0.05) is 24.3 Å². The van der Waals surface area contributed by atoms with Crippen LogP contribution in [0.5, 0.6) is 11.5 Å². The van der Waals surface area contributed by atoms with Gasteiger partial charge in [0.25, 0.3) is 0 Å². The van der Waals surface area contributed by atoms with Gasteiger partial charge in [0.15, 0.2) is 0 Å². The Morgan fingerprint density at radius 2 is 1.04 bits per heavy atom. The number of para-hydroxylation sites is 2. The Morgan fingerprint density at radius 1 is 0.654 bits per heavy atom. The second-order valence-electron chi connectivity index (χ2n) is 5.72. The lowest BCUT2D eigenvalue weighted by Crippen LogP contribution is -2.07. The van der Waals surface area contributed by atoms with Gasteiger partial charge in [0, 0.05) is 0 Å². The van der Waals surface area contributed by atoms with E-state index < -0.39 is 11.9 Å². The fourth-order valence-electron chi connectivity index (χ4n) is 2.34. The van der Waals surface area contributed by atoms with Gasteiger partial charge in [0.05, 0.1) is 13.2 Å². The number of unbranched alkanes of at least 4 members (excludes halogenated alkanes) is 3. The highest BCUT2D eigenvalue weighted by atomic mass is 16.5. The molecule has 0 saturated heterocycles. The van der Waals surface area contributed by atoms with E-state index in [1.165, 1.54) is 24.3 Å². The van der Waals surface area contributed by atoms with Crippen LogP contribution in [0.15, 0.2) is 48.5 Å². The average Bonchev–Trinajstić information content (AvgIpc) is 2.64. The minimum atomic E-state index is -0.542. The molecule has 2 rings (SSSR count). The number of hydrogen-bond acceptors (Lipinski definition) is 6. The molecule has 0 bridgehead atoms. The lowest BCUT2D eigenvalue weighted by molar-refractivity contribution is 0.0470. The summed E-state index contributed by atoms with van der Waals surface area (Å²) in [4.78, 5) is 23.6. The molecule has 6 nitrogen and oxygen atoms in total. The van der Waals surface area contributed by atoms with Gasteiger partial charge in [-0.3, -0.25) is 0 Å². The van der Waals surface area contributed by atoms with E-state index >= 15 is 0 Å². The molecule has 0 radical (unpaired) electrons. The van der Waals surface area contributed by atoms with Gasteiger partial charge in [-0.25, -0.2) is 9.59 Å². The molecule has 0 aromatic heterocycles. The molecule has 0 fully saturated rings. The van der Waals surface area contributed by atoms with Gasteiger partial charge in [0.2, 0.25) is 0 Å². The van der Waals surface area contributed by atoms with Gasteiger partial charge >= 0.3 is 11.9 Å². The van der Waals surface area contributed by atoms with Crippen LogP contribution in [0.25, 0.3) is 0 Å². The van der Waals surface area contributed by atoms with Gasteiger partial charge in [-0.2, -0.15) is 0 Å². The second-order valence-corrected chi connectivity index (χ2v) is 5.72. The van der Waals surface area contributed by atoms with E-state index in [0.717, 1.165) is 12.8 Å². The third-order valence-corrected chi connectivity index (χ3v) is 3.75. The topological polar surface area (TPSA) is 93.1 Å². The summed E-state index contributed by atoms with van der Waals surface area (Å²) < 4.78 is 10.2. The van der Waals surface area contributed by atoms with Crippen LogP contribution >= 0.6 is 0 Å². The first-order valence-corrected chi connectivity index (χ1v) is 8.50. The van der Waals surface area contributed by atoms with Crippen LogP contribution in [0.2, 0.25) is 0 Å². The summed E-state index contributed by atoms with van der Waals surface area (Å²) in [5.74, 6) is -1.27. The predicted octanol–water partition coefficient (Wildman–Crippen LogP) is 3.67. The van der Waals surface area contributed by atoms with Crippen molar-refractivity contribution in [2.75, 3.05) is 13.2 Å². The van der Waals surface area contributed by atoms with Crippen molar-refractivity contribution in [2.45, 2.75) is 25.7 Å². The average molecular weight is 358 g/mol. The molecule has 2 aromatic rings. The minimum Gasteiger partial charge on any atom is -0.507 e. The maximum absolute atomic E-state index is 11.8. The first-order valence-electron chi connectivity index (χ1n) is 8.50. The maximum Gasteiger partial charge on any atom is 0.341 e. The molecule has 0 spiro atoms. The van der Waals surface area contributed by atoms with E-state index in [4.69, 9.17) is 9.47 Å². The zero-order valence-electron chi connectivity index (χ0n) is 14.4. The molecule has 6 heteroatoms. The van der Waals surface area contributed by atoms with Crippen molar-refractivity contribution >= 4 is 11.9 Å². The first-order chi connectivity index (χ1) is 12.6. The first kappa shape index (κ1) is 19.3. The van der Waals surface area contributed by atoms with Crippen molar-refractivity contribution in [2.24, 2.45) is 0 Å². The van der Waals surface area contributed by atoms with Gasteiger partial charge < -0.3 is 19.7 Å². The number of phenolic OH excluding ortho intramolecular Hbond substituents is 2.